The molecule has 2 saturated heterocycles. The van der Waals surface area contributed by atoms with Gasteiger partial charge in [0, 0.05) is 23.8 Å². The van der Waals surface area contributed by atoms with Crippen LogP contribution >= 0.6 is 0 Å². The maximum Gasteiger partial charge on any atom is 0.331 e. The Kier molecular flexibility index (Phi) is 10.9. The number of esters is 1. The molecule has 17 nitrogen and oxygen atoms in total. The zero-order valence-corrected chi connectivity index (χ0v) is 27.7. The highest BCUT2D eigenvalue weighted by Gasteiger charge is 2.50. The first-order valence-electron chi connectivity index (χ1n) is 16.2. The number of benzene rings is 3. The summed E-state index contributed by atoms with van der Waals surface area (Å²) in [6, 6.07) is 13.0. The van der Waals surface area contributed by atoms with E-state index in [1.54, 1.807) is 0 Å². The number of phenols is 4. The first-order valence-corrected chi connectivity index (χ1v) is 16.2. The van der Waals surface area contributed by atoms with E-state index >= 15 is 0 Å². The van der Waals surface area contributed by atoms with E-state index in [9.17, 15) is 55.5 Å². The molecule has 0 spiro atoms. The lowest BCUT2D eigenvalue weighted by Crippen LogP contribution is -2.62. The monoisotopic (exact) mass is 740 g/mol. The van der Waals surface area contributed by atoms with Crippen LogP contribution in [0.4, 0.5) is 0 Å². The van der Waals surface area contributed by atoms with Crippen LogP contribution in [0.25, 0.3) is 28.4 Å². The van der Waals surface area contributed by atoms with Gasteiger partial charge in [0.15, 0.2) is 18.2 Å². The molecule has 10 atom stereocenters. The van der Waals surface area contributed by atoms with Crippen molar-refractivity contribution in [3.8, 4) is 40.1 Å². The van der Waals surface area contributed by atoms with Crippen LogP contribution in [0.15, 0.2) is 76.0 Å². The van der Waals surface area contributed by atoms with E-state index in [4.69, 9.17) is 28.1 Å². The number of fused-ring (bicyclic) bond motifs is 1. The molecule has 3 aromatic carbocycles. The van der Waals surface area contributed by atoms with Crippen molar-refractivity contribution in [2.45, 2.75) is 68.3 Å². The standard InChI is InChI=1S/C36H36O17/c1-15-26(42)29(45)31(47)35(49-15)48-14-23-27(43)30(46)34(52-24(41)11-4-16-2-7-18(37)8-3-16)36(51-23)53-33-28(44)25-21(40)12-20(39)13-22(25)50-32(33)17-5-9-19(38)10-6-17/h2-13,15,23,26-27,29-31,34-40,42-43,45-47H,14H2,1H3/t15-,23-,26-,27-,29-,30-,31+,34-,35+,36+/m0/s1. The van der Waals surface area contributed by atoms with Crippen molar-refractivity contribution >= 4 is 23.0 Å². The minimum atomic E-state index is -1.98. The van der Waals surface area contributed by atoms with Crippen LogP contribution in [-0.4, -0.2) is 120 Å². The van der Waals surface area contributed by atoms with E-state index in [2.05, 4.69) is 0 Å². The smallest absolute Gasteiger partial charge is 0.331 e. The highest BCUT2D eigenvalue weighted by atomic mass is 16.7. The number of hydrogen-bond acceptors (Lipinski definition) is 17. The quantitative estimate of drug-likeness (QED) is 0.0838. The summed E-state index contributed by atoms with van der Waals surface area (Å²) in [5, 5.41) is 92.7. The molecule has 0 amide bonds. The lowest BCUT2D eigenvalue weighted by Gasteiger charge is -2.43. The first kappa shape index (κ1) is 37.5. The Morgan fingerprint density at radius 1 is 0.774 bits per heavy atom. The molecule has 2 aliphatic rings. The molecular formula is C36H36O17. The van der Waals surface area contributed by atoms with E-state index in [0.29, 0.717) is 5.56 Å². The molecule has 2 fully saturated rings. The molecule has 4 aromatic rings. The second-order valence-electron chi connectivity index (χ2n) is 12.5. The van der Waals surface area contributed by atoms with Gasteiger partial charge in [0.25, 0.3) is 0 Å². The van der Waals surface area contributed by atoms with Gasteiger partial charge >= 0.3 is 5.97 Å². The lowest BCUT2D eigenvalue weighted by molar-refractivity contribution is -0.319. The van der Waals surface area contributed by atoms with Gasteiger partial charge < -0.3 is 74.1 Å². The van der Waals surface area contributed by atoms with Crippen LogP contribution in [0.2, 0.25) is 0 Å². The summed E-state index contributed by atoms with van der Waals surface area (Å²) >= 11 is 0. The zero-order chi connectivity index (χ0) is 38.1. The number of aromatic hydroxyl groups is 4. The minimum absolute atomic E-state index is 0.0116. The predicted molar refractivity (Wildman–Crippen MR) is 180 cm³/mol. The van der Waals surface area contributed by atoms with Gasteiger partial charge in [-0.25, -0.2) is 4.79 Å². The Morgan fingerprint density at radius 3 is 2.11 bits per heavy atom. The molecule has 0 aliphatic carbocycles. The molecule has 0 saturated carbocycles. The van der Waals surface area contributed by atoms with Crippen molar-refractivity contribution < 1.29 is 78.9 Å². The van der Waals surface area contributed by atoms with Gasteiger partial charge in [-0.3, -0.25) is 4.79 Å². The SMILES string of the molecule is C[C@@H]1O[C@@H](OC[C@@H]2O[C@H](Oc3c(-c4ccc(O)cc4)oc4cc(O)cc(O)c4c3=O)[C@@H](OC(=O)C=Cc3ccc(O)cc3)[C@@H](O)[C@H]2O)[C@H](O)[C@@H](O)[C@H]1O. The Balaban J connectivity index is 1.36. The molecule has 17 heteroatoms. The molecule has 0 radical (unpaired) electrons. The van der Waals surface area contributed by atoms with E-state index < -0.39 is 102 Å². The molecule has 282 valence electrons. The van der Waals surface area contributed by atoms with E-state index in [-0.39, 0.29) is 28.4 Å². The van der Waals surface area contributed by atoms with Gasteiger partial charge in [-0.15, -0.1) is 0 Å². The van der Waals surface area contributed by atoms with Gasteiger partial charge in [0.05, 0.1) is 12.7 Å². The van der Waals surface area contributed by atoms with Gasteiger partial charge in [0.2, 0.25) is 17.5 Å². The fraction of sp³-hybridized carbons (Fsp3) is 0.333. The molecule has 6 rings (SSSR count). The highest BCUT2D eigenvalue weighted by molar-refractivity contribution is 5.88. The number of aliphatic hydroxyl groups is 5. The summed E-state index contributed by atoms with van der Waals surface area (Å²) in [6.45, 7) is 0.776. The predicted octanol–water partition coefficient (Wildman–Crippen LogP) is 0.577. The van der Waals surface area contributed by atoms with Crippen LogP contribution in [0, 0.1) is 0 Å². The van der Waals surface area contributed by atoms with Gasteiger partial charge in [-0.2, -0.15) is 0 Å². The van der Waals surface area contributed by atoms with E-state index in [0.717, 1.165) is 18.2 Å². The normalized spacial score (nSPS) is 28.9. The summed E-state index contributed by atoms with van der Waals surface area (Å²) in [5.74, 6) is -3.27. The Bertz CT molecular complexity index is 2010. The Hall–Kier alpha value is -5.24. The number of carbonyl (C=O) groups excluding carboxylic acids is 1. The topological polar surface area (TPSA) is 275 Å². The molecule has 3 heterocycles. The number of carbonyl (C=O) groups is 1. The van der Waals surface area contributed by atoms with Crippen LogP contribution in [0.5, 0.6) is 28.7 Å². The van der Waals surface area contributed by atoms with Gasteiger partial charge in [0.1, 0.15) is 70.6 Å². The molecular weight excluding hydrogens is 704 g/mol. The summed E-state index contributed by atoms with van der Waals surface area (Å²) in [5.41, 5.74) is -0.618. The molecule has 53 heavy (non-hydrogen) atoms. The Morgan fingerprint density at radius 2 is 1.43 bits per heavy atom. The van der Waals surface area contributed by atoms with E-state index in [1.165, 1.54) is 61.5 Å². The minimum Gasteiger partial charge on any atom is -0.508 e. The van der Waals surface area contributed by atoms with Crippen LogP contribution in [0.3, 0.4) is 0 Å². The fourth-order valence-corrected chi connectivity index (χ4v) is 5.82. The van der Waals surface area contributed by atoms with Crippen LogP contribution < -0.4 is 10.2 Å². The number of ether oxygens (including phenoxy) is 5. The number of aliphatic hydroxyl groups excluding tert-OH is 5. The third kappa shape index (κ3) is 7.92. The van der Waals surface area contributed by atoms with Crippen molar-refractivity contribution in [2.75, 3.05) is 6.61 Å². The summed E-state index contributed by atoms with van der Waals surface area (Å²) in [7, 11) is 0. The van der Waals surface area contributed by atoms with Crippen LogP contribution in [-0.2, 0) is 23.7 Å². The maximum absolute atomic E-state index is 14.0. The Labute approximate surface area is 299 Å². The van der Waals surface area contributed by atoms with Crippen molar-refractivity contribution in [3.05, 3.63) is 82.5 Å². The summed E-state index contributed by atoms with van der Waals surface area (Å²) in [4.78, 5) is 27.0. The number of rotatable bonds is 9. The largest absolute Gasteiger partial charge is 0.508 e. The first-order chi connectivity index (χ1) is 25.2. The third-order valence-electron chi connectivity index (χ3n) is 8.72. The summed E-state index contributed by atoms with van der Waals surface area (Å²) in [6.07, 6.45) is -14.1. The van der Waals surface area contributed by atoms with Crippen molar-refractivity contribution in [1.82, 2.24) is 0 Å². The molecule has 9 N–H and O–H groups in total. The van der Waals surface area contributed by atoms with E-state index in [1.807, 2.05) is 0 Å². The van der Waals surface area contributed by atoms with Crippen molar-refractivity contribution in [1.29, 1.82) is 0 Å². The van der Waals surface area contributed by atoms with Gasteiger partial charge in [-0.1, -0.05) is 12.1 Å². The third-order valence-corrected chi connectivity index (χ3v) is 8.72. The van der Waals surface area contributed by atoms with Gasteiger partial charge in [-0.05, 0) is 55.0 Å². The average Bonchev–Trinajstić information content (AvgIpc) is 3.12. The number of phenolic OH excluding ortho intramolecular Hbond substituents is 4. The molecule has 0 unspecified atom stereocenters. The lowest BCUT2D eigenvalue weighted by atomic mass is 9.98. The molecule has 2 aliphatic heterocycles. The molecule has 1 aromatic heterocycles. The fourth-order valence-electron chi connectivity index (χ4n) is 5.82. The second kappa shape index (κ2) is 15.4. The molecule has 0 bridgehead atoms. The zero-order valence-electron chi connectivity index (χ0n) is 27.7. The van der Waals surface area contributed by atoms with Crippen molar-refractivity contribution in [2.24, 2.45) is 0 Å². The average molecular weight is 741 g/mol. The summed E-state index contributed by atoms with van der Waals surface area (Å²) < 4.78 is 34.4. The highest BCUT2D eigenvalue weighted by Crippen LogP contribution is 2.38. The van der Waals surface area contributed by atoms with Crippen molar-refractivity contribution in [3.63, 3.8) is 0 Å². The van der Waals surface area contributed by atoms with Crippen LogP contribution in [0.1, 0.15) is 12.5 Å². The number of hydrogen-bond donors (Lipinski definition) is 9. The second-order valence-corrected chi connectivity index (χ2v) is 12.5. The maximum atomic E-state index is 14.0.